The molecule has 0 amide bonds. The number of hydrogen-bond donors (Lipinski definition) is 1. The SMILES string of the molecule is CCNC(C)(CCCSc1ccc(Cl)c(Cl)c1)C(=O)OC. The molecule has 0 aromatic heterocycles. The molecule has 0 heterocycles. The minimum atomic E-state index is -0.623. The third kappa shape index (κ3) is 5.70. The van der Waals surface area contributed by atoms with Crippen molar-refractivity contribution in [2.45, 2.75) is 37.1 Å². The van der Waals surface area contributed by atoms with Crippen LogP contribution in [0.25, 0.3) is 0 Å². The molecule has 0 aliphatic carbocycles. The van der Waals surface area contributed by atoms with Crippen LogP contribution >= 0.6 is 35.0 Å². The maximum atomic E-state index is 11.8. The maximum Gasteiger partial charge on any atom is 0.325 e. The minimum Gasteiger partial charge on any atom is -0.468 e. The number of likely N-dealkylation sites (N-methyl/N-ethyl adjacent to an activating group) is 1. The van der Waals surface area contributed by atoms with Crippen LogP contribution in [-0.2, 0) is 9.53 Å². The van der Waals surface area contributed by atoms with Crippen LogP contribution in [0.1, 0.15) is 26.7 Å². The van der Waals surface area contributed by atoms with Gasteiger partial charge in [-0.15, -0.1) is 11.8 Å². The second-order valence-corrected chi connectivity index (χ2v) is 6.86. The second kappa shape index (κ2) is 8.89. The van der Waals surface area contributed by atoms with Crippen LogP contribution in [0.5, 0.6) is 0 Å². The van der Waals surface area contributed by atoms with Gasteiger partial charge < -0.3 is 10.1 Å². The molecule has 0 saturated carbocycles. The third-order valence-corrected chi connectivity index (χ3v) is 5.00. The molecule has 1 unspecified atom stereocenters. The van der Waals surface area contributed by atoms with E-state index < -0.39 is 5.54 Å². The average molecular weight is 350 g/mol. The van der Waals surface area contributed by atoms with E-state index in [0.29, 0.717) is 10.0 Å². The molecule has 1 N–H and O–H groups in total. The van der Waals surface area contributed by atoms with E-state index in [4.69, 9.17) is 27.9 Å². The van der Waals surface area contributed by atoms with Crippen molar-refractivity contribution in [1.29, 1.82) is 0 Å². The van der Waals surface area contributed by atoms with Gasteiger partial charge in [0.15, 0.2) is 0 Å². The molecule has 0 saturated heterocycles. The summed E-state index contributed by atoms with van der Waals surface area (Å²) in [6, 6.07) is 5.60. The number of ether oxygens (including phenoxy) is 1. The van der Waals surface area contributed by atoms with E-state index in [1.807, 2.05) is 26.0 Å². The van der Waals surface area contributed by atoms with Crippen molar-refractivity contribution in [2.24, 2.45) is 0 Å². The highest BCUT2D eigenvalue weighted by molar-refractivity contribution is 7.99. The Bertz CT molecular complexity index is 485. The fourth-order valence-electron chi connectivity index (χ4n) is 2.06. The van der Waals surface area contributed by atoms with Gasteiger partial charge in [-0.05, 0) is 50.3 Å². The lowest BCUT2D eigenvalue weighted by Gasteiger charge is -2.27. The Morgan fingerprint density at radius 3 is 2.67 bits per heavy atom. The number of rotatable bonds is 8. The Labute approximate surface area is 140 Å². The molecule has 0 fully saturated rings. The summed E-state index contributed by atoms with van der Waals surface area (Å²) in [6.45, 7) is 4.59. The van der Waals surface area contributed by atoms with E-state index in [-0.39, 0.29) is 5.97 Å². The summed E-state index contributed by atoms with van der Waals surface area (Å²) in [5, 5.41) is 4.33. The first-order valence-electron chi connectivity index (χ1n) is 6.84. The zero-order valence-electron chi connectivity index (χ0n) is 12.5. The van der Waals surface area contributed by atoms with Crippen molar-refractivity contribution >= 4 is 40.9 Å². The Hall–Kier alpha value is -0.420. The lowest BCUT2D eigenvalue weighted by atomic mass is 9.96. The van der Waals surface area contributed by atoms with E-state index in [2.05, 4.69) is 5.32 Å². The summed E-state index contributed by atoms with van der Waals surface area (Å²) >= 11 is 13.6. The van der Waals surface area contributed by atoms with Crippen molar-refractivity contribution in [3.05, 3.63) is 28.2 Å². The van der Waals surface area contributed by atoms with Crippen molar-refractivity contribution in [1.82, 2.24) is 5.32 Å². The van der Waals surface area contributed by atoms with Crippen LogP contribution in [0.4, 0.5) is 0 Å². The van der Waals surface area contributed by atoms with E-state index in [1.54, 1.807) is 17.8 Å². The second-order valence-electron chi connectivity index (χ2n) is 4.88. The average Bonchev–Trinajstić information content (AvgIpc) is 2.46. The topological polar surface area (TPSA) is 38.3 Å². The summed E-state index contributed by atoms with van der Waals surface area (Å²) in [5.41, 5.74) is -0.623. The lowest BCUT2D eigenvalue weighted by Crippen LogP contribution is -2.50. The van der Waals surface area contributed by atoms with Crippen LogP contribution in [0.2, 0.25) is 10.0 Å². The molecule has 21 heavy (non-hydrogen) atoms. The highest BCUT2D eigenvalue weighted by Crippen LogP contribution is 2.29. The zero-order chi connectivity index (χ0) is 15.9. The molecule has 0 radical (unpaired) electrons. The zero-order valence-corrected chi connectivity index (χ0v) is 14.9. The van der Waals surface area contributed by atoms with E-state index in [0.717, 1.165) is 30.0 Å². The Morgan fingerprint density at radius 2 is 2.10 bits per heavy atom. The normalized spacial score (nSPS) is 13.8. The first kappa shape index (κ1) is 18.6. The molecule has 1 atom stereocenters. The van der Waals surface area contributed by atoms with Crippen LogP contribution in [0.3, 0.4) is 0 Å². The van der Waals surface area contributed by atoms with Gasteiger partial charge in [0.2, 0.25) is 0 Å². The van der Waals surface area contributed by atoms with Gasteiger partial charge in [0.1, 0.15) is 5.54 Å². The molecule has 1 rings (SSSR count). The van der Waals surface area contributed by atoms with Gasteiger partial charge in [-0.2, -0.15) is 0 Å². The number of benzene rings is 1. The predicted molar refractivity (Wildman–Crippen MR) is 90.5 cm³/mol. The van der Waals surface area contributed by atoms with Gasteiger partial charge in [-0.1, -0.05) is 30.1 Å². The summed E-state index contributed by atoms with van der Waals surface area (Å²) in [4.78, 5) is 12.9. The molecule has 1 aromatic carbocycles. The fourth-order valence-corrected chi connectivity index (χ4v) is 3.31. The summed E-state index contributed by atoms with van der Waals surface area (Å²) in [6.07, 6.45) is 1.62. The van der Waals surface area contributed by atoms with Crippen LogP contribution < -0.4 is 5.32 Å². The smallest absolute Gasteiger partial charge is 0.325 e. The number of nitrogens with one attached hydrogen (secondary N) is 1. The summed E-state index contributed by atoms with van der Waals surface area (Å²) in [7, 11) is 1.42. The molecule has 0 aliphatic rings. The number of carbonyl (C=O) groups excluding carboxylic acids is 1. The van der Waals surface area contributed by atoms with E-state index in [9.17, 15) is 4.79 Å². The molecule has 0 aliphatic heterocycles. The lowest BCUT2D eigenvalue weighted by molar-refractivity contribution is -0.148. The molecular formula is C15H21Cl2NO2S. The number of thioether (sulfide) groups is 1. The number of halogens is 2. The van der Waals surface area contributed by atoms with E-state index in [1.165, 1.54) is 7.11 Å². The van der Waals surface area contributed by atoms with Crippen molar-refractivity contribution in [2.75, 3.05) is 19.4 Å². The van der Waals surface area contributed by atoms with Crippen molar-refractivity contribution < 1.29 is 9.53 Å². The Morgan fingerprint density at radius 1 is 1.38 bits per heavy atom. The van der Waals surface area contributed by atoms with Crippen molar-refractivity contribution in [3.63, 3.8) is 0 Å². The number of methoxy groups -OCH3 is 1. The van der Waals surface area contributed by atoms with Gasteiger partial charge >= 0.3 is 5.97 Å². The first-order chi connectivity index (χ1) is 9.92. The van der Waals surface area contributed by atoms with Gasteiger partial charge in [-0.25, -0.2) is 0 Å². The highest BCUT2D eigenvalue weighted by Gasteiger charge is 2.32. The third-order valence-electron chi connectivity index (χ3n) is 3.18. The van der Waals surface area contributed by atoms with Gasteiger partial charge in [0.05, 0.1) is 17.2 Å². The number of carbonyl (C=O) groups is 1. The molecule has 3 nitrogen and oxygen atoms in total. The summed E-state index contributed by atoms with van der Waals surface area (Å²) in [5.74, 6) is 0.680. The largest absolute Gasteiger partial charge is 0.468 e. The molecule has 1 aromatic rings. The Balaban J connectivity index is 2.47. The highest BCUT2D eigenvalue weighted by atomic mass is 35.5. The predicted octanol–water partition coefficient (Wildman–Crippen LogP) is 4.41. The number of hydrogen-bond acceptors (Lipinski definition) is 4. The molecular weight excluding hydrogens is 329 g/mol. The Kier molecular flexibility index (Phi) is 7.88. The minimum absolute atomic E-state index is 0.219. The molecule has 0 bridgehead atoms. The van der Waals surface area contributed by atoms with Gasteiger partial charge in [0, 0.05) is 4.90 Å². The first-order valence-corrected chi connectivity index (χ1v) is 8.58. The fraction of sp³-hybridized carbons (Fsp3) is 0.533. The van der Waals surface area contributed by atoms with Crippen molar-refractivity contribution in [3.8, 4) is 0 Å². The van der Waals surface area contributed by atoms with Crippen LogP contribution in [0, 0.1) is 0 Å². The number of esters is 1. The van der Waals surface area contributed by atoms with Gasteiger partial charge in [-0.3, -0.25) is 4.79 Å². The molecule has 6 heteroatoms. The monoisotopic (exact) mass is 349 g/mol. The summed E-state index contributed by atoms with van der Waals surface area (Å²) < 4.78 is 4.87. The van der Waals surface area contributed by atoms with Gasteiger partial charge in [0.25, 0.3) is 0 Å². The maximum absolute atomic E-state index is 11.8. The molecule has 118 valence electrons. The quantitative estimate of drug-likeness (QED) is 0.428. The standard InChI is InChI=1S/C15H21Cl2NO2S/c1-4-18-15(2,14(19)20-3)8-5-9-21-11-6-7-12(16)13(17)10-11/h6-7,10,18H,4-5,8-9H2,1-3H3. The molecule has 0 spiro atoms. The van der Waals surface area contributed by atoms with Crippen LogP contribution in [0.15, 0.2) is 23.1 Å². The van der Waals surface area contributed by atoms with E-state index >= 15 is 0 Å². The van der Waals surface area contributed by atoms with Crippen LogP contribution in [-0.4, -0.2) is 30.9 Å².